The largest absolute Gasteiger partial charge is 0.508 e. The van der Waals surface area contributed by atoms with Crippen molar-refractivity contribution >= 4 is 8.60 Å². The molecule has 1 N–H and O–H groups in total. The number of hydrogen-bond donors (Lipinski definition) is 1. The quantitative estimate of drug-likeness (QED) is 0.0671. The summed E-state index contributed by atoms with van der Waals surface area (Å²) in [7, 11) is -1.43. The predicted octanol–water partition coefficient (Wildman–Crippen LogP) is 14.0. The lowest BCUT2D eigenvalue weighted by Crippen LogP contribution is -2.18. The van der Waals surface area contributed by atoms with Gasteiger partial charge in [-0.15, -0.1) is 0 Å². The number of unbranched alkanes of at least 4 members (excludes halogenated alkanes) is 20. The van der Waals surface area contributed by atoms with Crippen LogP contribution in [0.4, 0.5) is 0 Å². The Kier molecular flexibility index (Phi) is 23.2. The third kappa shape index (κ3) is 18.7. The first-order valence-corrected chi connectivity index (χ1v) is 20.2. The van der Waals surface area contributed by atoms with E-state index in [0.717, 1.165) is 24.2 Å². The number of rotatable bonds is 30. The van der Waals surface area contributed by atoms with Gasteiger partial charge < -0.3 is 18.7 Å². The molecule has 0 fully saturated rings. The second-order valence-corrected chi connectivity index (χ2v) is 14.9. The maximum Gasteiger partial charge on any atom is 0.397 e. The third-order valence-corrected chi connectivity index (χ3v) is 10.4. The fourth-order valence-corrected chi connectivity index (χ4v) is 6.99. The van der Waals surface area contributed by atoms with Crippen LogP contribution in [0.1, 0.15) is 180 Å². The number of phenols is 1. The number of benzene rings is 2. The molecule has 0 unspecified atom stereocenters. The van der Waals surface area contributed by atoms with Gasteiger partial charge in [-0.2, -0.15) is 0 Å². The predicted molar refractivity (Wildman–Crippen MR) is 199 cm³/mol. The van der Waals surface area contributed by atoms with E-state index in [0.29, 0.717) is 13.2 Å². The Bertz CT molecular complexity index is 931. The van der Waals surface area contributed by atoms with Crippen LogP contribution in [0.25, 0.3) is 0 Å². The first kappa shape index (κ1) is 40.6. The summed E-state index contributed by atoms with van der Waals surface area (Å²) in [5.74, 6) is 1.08. The van der Waals surface area contributed by atoms with Gasteiger partial charge in [0.05, 0.1) is 13.2 Å². The Morgan fingerprint density at radius 3 is 1.17 bits per heavy atom. The van der Waals surface area contributed by atoms with E-state index >= 15 is 0 Å². The second kappa shape index (κ2) is 26.4. The van der Waals surface area contributed by atoms with E-state index in [1.807, 2.05) is 24.3 Å². The van der Waals surface area contributed by atoms with Crippen molar-refractivity contribution in [3.8, 4) is 11.5 Å². The highest BCUT2D eigenvalue weighted by Crippen LogP contribution is 2.42. The van der Waals surface area contributed by atoms with Gasteiger partial charge in [0.15, 0.2) is 0 Å². The SMILES string of the molecule is CCCCCCCCCCCCCOP(OCCCCCCCCCCCCC)Oc1ccc(C(C)(C)c2ccc(O)cc2)cc1. The lowest BCUT2D eigenvalue weighted by Gasteiger charge is -2.26. The molecule has 0 saturated heterocycles. The Morgan fingerprint density at radius 2 is 0.804 bits per heavy atom. The summed E-state index contributed by atoms with van der Waals surface area (Å²) in [6.07, 6.45) is 29.1. The summed E-state index contributed by atoms with van der Waals surface area (Å²) >= 11 is 0. The maximum absolute atomic E-state index is 9.71. The van der Waals surface area contributed by atoms with Crippen LogP contribution >= 0.6 is 8.60 Å². The number of hydrogen-bond acceptors (Lipinski definition) is 4. The zero-order valence-electron chi connectivity index (χ0n) is 30.2. The summed E-state index contributed by atoms with van der Waals surface area (Å²) in [6, 6.07) is 15.8. The number of phenolic OH excluding ortho intramolecular Hbond substituents is 1. The molecule has 4 nitrogen and oxygen atoms in total. The van der Waals surface area contributed by atoms with Gasteiger partial charge in [-0.25, -0.2) is 0 Å². The first-order chi connectivity index (χ1) is 22.5. The average molecular weight is 657 g/mol. The molecule has 0 bridgehead atoms. The summed E-state index contributed by atoms with van der Waals surface area (Å²) in [5.41, 5.74) is 2.17. The molecule has 0 spiro atoms. The van der Waals surface area contributed by atoms with Gasteiger partial charge in [-0.05, 0) is 48.2 Å². The molecule has 262 valence electrons. The summed E-state index contributed by atoms with van der Waals surface area (Å²) in [5, 5.41) is 9.71. The molecule has 2 aromatic rings. The molecule has 0 aliphatic carbocycles. The van der Waals surface area contributed by atoms with E-state index in [2.05, 4.69) is 39.8 Å². The minimum Gasteiger partial charge on any atom is -0.508 e. The summed E-state index contributed by atoms with van der Waals surface area (Å²) < 4.78 is 18.7. The normalized spacial score (nSPS) is 11.8. The molecule has 2 rings (SSSR count). The van der Waals surface area contributed by atoms with Crippen molar-refractivity contribution in [2.75, 3.05) is 13.2 Å². The Hall–Kier alpha value is -1.61. The van der Waals surface area contributed by atoms with Gasteiger partial charge in [0, 0.05) is 5.41 Å². The van der Waals surface area contributed by atoms with E-state index in [1.54, 1.807) is 12.1 Å². The Morgan fingerprint density at radius 1 is 0.478 bits per heavy atom. The minimum absolute atomic E-state index is 0.186. The molecule has 0 heterocycles. The zero-order chi connectivity index (χ0) is 33.1. The highest BCUT2D eigenvalue weighted by atomic mass is 31.2. The second-order valence-electron chi connectivity index (χ2n) is 13.7. The summed E-state index contributed by atoms with van der Waals surface area (Å²) in [4.78, 5) is 0. The van der Waals surface area contributed by atoms with Crippen molar-refractivity contribution in [3.63, 3.8) is 0 Å². The van der Waals surface area contributed by atoms with Gasteiger partial charge in [-0.1, -0.05) is 180 Å². The fraction of sp³-hybridized carbons (Fsp3) is 0.707. The molecule has 0 aliphatic heterocycles. The lowest BCUT2D eigenvalue weighted by atomic mass is 9.78. The molecule has 2 aromatic carbocycles. The van der Waals surface area contributed by atoms with Gasteiger partial charge in [-0.3, -0.25) is 0 Å². The van der Waals surface area contributed by atoms with Crippen molar-refractivity contribution in [2.45, 2.75) is 174 Å². The molecule has 0 saturated carbocycles. The monoisotopic (exact) mass is 656 g/mol. The highest BCUT2D eigenvalue weighted by molar-refractivity contribution is 7.42. The molecule has 46 heavy (non-hydrogen) atoms. The molecule has 0 radical (unpaired) electrons. The maximum atomic E-state index is 9.71. The third-order valence-electron chi connectivity index (χ3n) is 9.23. The minimum atomic E-state index is -1.43. The van der Waals surface area contributed by atoms with E-state index in [-0.39, 0.29) is 11.2 Å². The average Bonchev–Trinajstić information content (AvgIpc) is 3.06. The fourth-order valence-electron chi connectivity index (χ4n) is 5.96. The Labute approximate surface area is 285 Å². The highest BCUT2D eigenvalue weighted by Gasteiger charge is 2.23. The van der Waals surface area contributed by atoms with Crippen molar-refractivity contribution in [3.05, 3.63) is 59.7 Å². The molecular formula is C41H69O4P. The Balaban J connectivity index is 1.74. The molecule has 0 aromatic heterocycles. The molecule has 0 atom stereocenters. The summed E-state index contributed by atoms with van der Waals surface area (Å²) in [6.45, 7) is 10.3. The van der Waals surface area contributed by atoms with Crippen molar-refractivity contribution in [1.82, 2.24) is 0 Å². The van der Waals surface area contributed by atoms with E-state index in [4.69, 9.17) is 13.6 Å². The lowest BCUT2D eigenvalue weighted by molar-refractivity contribution is 0.198. The zero-order valence-corrected chi connectivity index (χ0v) is 31.1. The van der Waals surface area contributed by atoms with Crippen molar-refractivity contribution < 1.29 is 18.7 Å². The van der Waals surface area contributed by atoms with Crippen LogP contribution < -0.4 is 4.52 Å². The van der Waals surface area contributed by atoms with Crippen LogP contribution in [0.5, 0.6) is 11.5 Å². The molecular weight excluding hydrogens is 587 g/mol. The smallest absolute Gasteiger partial charge is 0.397 e. The number of aromatic hydroxyl groups is 1. The first-order valence-electron chi connectivity index (χ1n) is 19.1. The van der Waals surface area contributed by atoms with Gasteiger partial charge in [0.25, 0.3) is 0 Å². The standard InChI is InChI=1S/C41H69O4P/c1-5-7-9-11-13-15-17-19-21-23-25-35-43-46(44-36-26-24-22-20-18-16-14-12-10-8-6-2)45-40-33-29-38(30-34-40)41(3,4)37-27-31-39(42)32-28-37/h27-34,42H,5-26,35-36H2,1-4H3. The van der Waals surface area contributed by atoms with Gasteiger partial charge in [0.2, 0.25) is 0 Å². The van der Waals surface area contributed by atoms with Crippen LogP contribution in [0, 0.1) is 0 Å². The van der Waals surface area contributed by atoms with Crippen LogP contribution in [0.15, 0.2) is 48.5 Å². The van der Waals surface area contributed by atoms with Crippen LogP contribution in [-0.4, -0.2) is 18.3 Å². The van der Waals surface area contributed by atoms with E-state index < -0.39 is 8.60 Å². The van der Waals surface area contributed by atoms with E-state index in [1.165, 1.54) is 134 Å². The van der Waals surface area contributed by atoms with Crippen LogP contribution in [-0.2, 0) is 14.5 Å². The molecule has 0 amide bonds. The van der Waals surface area contributed by atoms with Gasteiger partial charge >= 0.3 is 8.60 Å². The topological polar surface area (TPSA) is 47.9 Å². The van der Waals surface area contributed by atoms with Crippen molar-refractivity contribution in [1.29, 1.82) is 0 Å². The van der Waals surface area contributed by atoms with E-state index in [9.17, 15) is 5.11 Å². The van der Waals surface area contributed by atoms with Crippen LogP contribution in [0.2, 0.25) is 0 Å². The molecule has 0 aliphatic rings. The molecule has 5 heteroatoms. The van der Waals surface area contributed by atoms with Crippen LogP contribution in [0.3, 0.4) is 0 Å². The van der Waals surface area contributed by atoms with Gasteiger partial charge in [0.1, 0.15) is 11.5 Å². The van der Waals surface area contributed by atoms with Crippen molar-refractivity contribution in [2.24, 2.45) is 0 Å².